The van der Waals surface area contributed by atoms with Gasteiger partial charge < -0.3 is 4.74 Å². The minimum atomic E-state index is -0.176. The van der Waals surface area contributed by atoms with Crippen LogP contribution in [0.1, 0.15) is 76.1 Å². The Hall–Kier alpha value is -1.21. The van der Waals surface area contributed by atoms with Crippen molar-refractivity contribution in [3.63, 3.8) is 0 Å². The molecule has 0 bridgehead atoms. The molecule has 0 saturated heterocycles. The quantitative estimate of drug-likeness (QED) is 0.271. The van der Waals surface area contributed by atoms with E-state index in [0.29, 0.717) is 23.3 Å². The summed E-state index contributed by atoms with van der Waals surface area (Å²) in [5.41, 5.74) is 0.656. The van der Waals surface area contributed by atoms with Crippen LogP contribution < -0.4 is 0 Å². The number of ether oxygens (including phenoxy) is 1. The second kappa shape index (κ2) is 13.9. The molecule has 3 atom stereocenters. The van der Waals surface area contributed by atoms with Gasteiger partial charge >= 0.3 is 5.97 Å². The van der Waals surface area contributed by atoms with Gasteiger partial charge in [0.05, 0.1) is 5.56 Å². The Labute approximate surface area is 184 Å². The van der Waals surface area contributed by atoms with Crippen LogP contribution in [-0.2, 0) is 24.2 Å². The first-order valence-corrected chi connectivity index (χ1v) is 10.6. The van der Waals surface area contributed by atoms with Crippen LogP contribution in [0.5, 0.6) is 0 Å². The first-order chi connectivity index (χ1) is 13.1. The number of allylic oxidation sites excluding steroid dienone is 4. The zero-order valence-corrected chi connectivity index (χ0v) is 19.4. The molecule has 2 nitrogen and oxygen atoms in total. The number of esters is 1. The van der Waals surface area contributed by atoms with E-state index in [1.165, 1.54) is 38.5 Å². The van der Waals surface area contributed by atoms with E-state index >= 15 is 0 Å². The molecular weight excluding hydrogens is 433 g/mol. The summed E-state index contributed by atoms with van der Waals surface area (Å²) in [7, 11) is 0. The van der Waals surface area contributed by atoms with Gasteiger partial charge in [-0.1, -0.05) is 69.7 Å². The van der Waals surface area contributed by atoms with Crippen molar-refractivity contribution >= 4 is 5.97 Å². The normalized spacial score (nSPS) is 26.5. The number of hydrogen-bond acceptors (Lipinski definition) is 2. The van der Waals surface area contributed by atoms with Crippen LogP contribution >= 0.6 is 0 Å². The van der Waals surface area contributed by atoms with Gasteiger partial charge in [-0.25, -0.2) is 4.79 Å². The summed E-state index contributed by atoms with van der Waals surface area (Å²) in [6.45, 7) is 6.70. The molecule has 0 radical (unpaired) electrons. The van der Waals surface area contributed by atoms with Gasteiger partial charge in [-0.15, -0.1) is 0 Å². The van der Waals surface area contributed by atoms with Crippen LogP contribution in [0.25, 0.3) is 0 Å². The van der Waals surface area contributed by atoms with Crippen molar-refractivity contribution in [1.82, 2.24) is 0 Å². The molecule has 0 aromatic heterocycles. The summed E-state index contributed by atoms with van der Waals surface area (Å²) in [5.74, 6) is 1.55. The van der Waals surface area contributed by atoms with E-state index in [4.69, 9.17) is 4.74 Å². The molecular formula is C25H36O2Ru. The van der Waals surface area contributed by atoms with Gasteiger partial charge in [-0.2, -0.15) is 0 Å². The summed E-state index contributed by atoms with van der Waals surface area (Å²) in [5, 5.41) is 0. The fraction of sp³-hybridized carbons (Fsp3) is 0.560. The van der Waals surface area contributed by atoms with Crippen molar-refractivity contribution in [3.8, 4) is 0 Å². The molecule has 3 heteroatoms. The van der Waals surface area contributed by atoms with Gasteiger partial charge in [-0.05, 0) is 68.4 Å². The zero-order chi connectivity index (χ0) is 19.5. The van der Waals surface area contributed by atoms with Gasteiger partial charge in [0.1, 0.15) is 6.10 Å². The molecule has 0 spiro atoms. The molecule has 0 aliphatic heterocycles. The van der Waals surface area contributed by atoms with Crippen molar-refractivity contribution in [2.45, 2.75) is 71.8 Å². The molecule has 0 unspecified atom stereocenters. The van der Waals surface area contributed by atoms with E-state index in [1.807, 2.05) is 30.3 Å². The molecule has 1 aromatic carbocycles. The molecule has 1 saturated carbocycles. The van der Waals surface area contributed by atoms with Crippen molar-refractivity contribution in [3.05, 3.63) is 60.2 Å². The summed E-state index contributed by atoms with van der Waals surface area (Å²) in [6.07, 6.45) is 17.5. The third-order valence-corrected chi connectivity index (χ3v) is 5.56. The minimum absolute atomic E-state index is 0. The SMILES string of the molecule is C1=C\CC/C=C\CC/1.CC(C)[C@@H]1CC[C@@H](C)C[C@H]1OC(=O)c1ccccc1.[Ru]. The Bertz CT molecular complexity index is 580. The molecule has 1 aromatic rings. The minimum Gasteiger partial charge on any atom is -0.458 e. The van der Waals surface area contributed by atoms with E-state index in [1.54, 1.807) is 0 Å². The number of carbonyl (C=O) groups is 1. The smallest absolute Gasteiger partial charge is 0.338 e. The van der Waals surface area contributed by atoms with Crippen LogP contribution in [0.15, 0.2) is 54.6 Å². The van der Waals surface area contributed by atoms with E-state index in [2.05, 4.69) is 45.1 Å². The van der Waals surface area contributed by atoms with Gasteiger partial charge in [0.2, 0.25) is 0 Å². The fourth-order valence-corrected chi connectivity index (χ4v) is 3.89. The average molecular weight is 470 g/mol. The van der Waals surface area contributed by atoms with Crippen LogP contribution in [0.2, 0.25) is 0 Å². The van der Waals surface area contributed by atoms with Gasteiger partial charge in [0.15, 0.2) is 0 Å². The maximum Gasteiger partial charge on any atom is 0.338 e. The standard InChI is InChI=1S/C17H24O2.C8H12.Ru/c1-12(2)15-10-9-13(3)11-16(15)19-17(18)14-7-5-4-6-8-14;1-2-4-6-8-7-5-3-1;/h4-8,12-13,15-16H,9-11H2,1-3H3;1-2,7-8H,3-6H2;/b;2-1-,8-7-;/t13-,15+,16-;;/m1../s1. The number of hydrogen-bond donors (Lipinski definition) is 0. The first-order valence-electron chi connectivity index (χ1n) is 10.6. The number of rotatable bonds is 3. The topological polar surface area (TPSA) is 26.3 Å². The number of carbonyl (C=O) groups excluding carboxylic acids is 1. The monoisotopic (exact) mass is 470 g/mol. The summed E-state index contributed by atoms with van der Waals surface area (Å²) in [6, 6.07) is 9.30. The summed E-state index contributed by atoms with van der Waals surface area (Å²) in [4.78, 5) is 12.2. The predicted octanol–water partition coefficient (Wildman–Crippen LogP) is 6.97. The van der Waals surface area contributed by atoms with Crippen LogP contribution in [0, 0.1) is 17.8 Å². The predicted molar refractivity (Wildman–Crippen MR) is 114 cm³/mol. The second-order valence-corrected chi connectivity index (χ2v) is 8.23. The van der Waals surface area contributed by atoms with Gasteiger partial charge in [0, 0.05) is 19.5 Å². The van der Waals surface area contributed by atoms with E-state index in [0.717, 1.165) is 6.42 Å². The molecule has 156 valence electrons. The summed E-state index contributed by atoms with van der Waals surface area (Å²) >= 11 is 0. The largest absolute Gasteiger partial charge is 0.458 e. The van der Waals surface area contributed by atoms with Crippen LogP contribution in [0.4, 0.5) is 0 Å². The Morgan fingerprint density at radius 3 is 1.96 bits per heavy atom. The average Bonchev–Trinajstić information content (AvgIpc) is 2.62. The maximum absolute atomic E-state index is 12.2. The molecule has 0 heterocycles. The Morgan fingerprint density at radius 2 is 1.46 bits per heavy atom. The Kier molecular flexibility index (Phi) is 12.3. The van der Waals surface area contributed by atoms with Crippen LogP contribution in [0.3, 0.4) is 0 Å². The fourth-order valence-electron chi connectivity index (χ4n) is 3.89. The molecule has 0 amide bonds. The maximum atomic E-state index is 12.2. The Balaban J connectivity index is 0.000000367. The zero-order valence-electron chi connectivity index (χ0n) is 17.6. The molecule has 1 fully saturated rings. The van der Waals surface area contributed by atoms with E-state index < -0.39 is 0 Å². The molecule has 3 rings (SSSR count). The second-order valence-electron chi connectivity index (χ2n) is 8.23. The van der Waals surface area contributed by atoms with E-state index in [9.17, 15) is 4.79 Å². The van der Waals surface area contributed by atoms with Gasteiger partial charge in [0.25, 0.3) is 0 Å². The van der Waals surface area contributed by atoms with Crippen molar-refractivity contribution < 1.29 is 29.0 Å². The molecule has 2 aliphatic carbocycles. The molecule has 28 heavy (non-hydrogen) atoms. The number of benzene rings is 1. The molecule has 0 N–H and O–H groups in total. The van der Waals surface area contributed by atoms with Crippen molar-refractivity contribution in [2.24, 2.45) is 17.8 Å². The molecule has 2 aliphatic rings. The first kappa shape index (κ1) is 24.8. The van der Waals surface area contributed by atoms with Crippen molar-refractivity contribution in [1.29, 1.82) is 0 Å². The van der Waals surface area contributed by atoms with E-state index in [-0.39, 0.29) is 31.6 Å². The van der Waals surface area contributed by atoms with Crippen LogP contribution in [-0.4, -0.2) is 12.1 Å². The third kappa shape index (κ3) is 8.86. The summed E-state index contributed by atoms with van der Waals surface area (Å²) < 4.78 is 5.78. The Morgan fingerprint density at radius 1 is 0.929 bits per heavy atom. The third-order valence-electron chi connectivity index (χ3n) is 5.56. The van der Waals surface area contributed by atoms with Crippen molar-refractivity contribution in [2.75, 3.05) is 0 Å². The van der Waals surface area contributed by atoms with Gasteiger partial charge in [-0.3, -0.25) is 0 Å².